The van der Waals surface area contributed by atoms with Crippen molar-refractivity contribution in [2.45, 2.75) is 245 Å². The molecule has 0 aliphatic rings. The monoisotopic (exact) mass is 929 g/mol. The summed E-state index contributed by atoms with van der Waals surface area (Å²) in [5.41, 5.74) is 0. The summed E-state index contributed by atoms with van der Waals surface area (Å²) in [4.78, 5) is 37.8. The van der Waals surface area contributed by atoms with Crippen molar-refractivity contribution in [3.05, 3.63) is 109 Å². The molecule has 1 atom stereocenters. The van der Waals surface area contributed by atoms with E-state index >= 15 is 0 Å². The molecule has 380 valence electrons. The van der Waals surface area contributed by atoms with Crippen molar-refractivity contribution in [2.24, 2.45) is 0 Å². The van der Waals surface area contributed by atoms with Crippen molar-refractivity contribution in [2.75, 3.05) is 13.2 Å². The summed E-state index contributed by atoms with van der Waals surface area (Å²) in [5.74, 6) is -0.932. The molecule has 0 rings (SSSR count). The van der Waals surface area contributed by atoms with Gasteiger partial charge >= 0.3 is 17.9 Å². The quantitative estimate of drug-likeness (QED) is 0.0262. The molecule has 0 amide bonds. The number of ether oxygens (including phenoxy) is 3. The molecule has 0 N–H and O–H groups in total. The van der Waals surface area contributed by atoms with Gasteiger partial charge in [0.1, 0.15) is 13.2 Å². The first-order valence-electron chi connectivity index (χ1n) is 27.4. The molecule has 0 aromatic heterocycles. The average Bonchev–Trinajstić information content (AvgIpc) is 3.33. The average molecular weight is 929 g/mol. The Morgan fingerprint density at radius 1 is 0.313 bits per heavy atom. The van der Waals surface area contributed by atoms with Gasteiger partial charge in [-0.3, -0.25) is 14.4 Å². The highest BCUT2D eigenvalue weighted by atomic mass is 16.6. The van der Waals surface area contributed by atoms with Crippen LogP contribution in [0.5, 0.6) is 0 Å². The van der Waals surface area contributed by atoms with E-state index in [4.69, 9.17) is 14.2 Å². The topological polar surface area (TPSA) is 78.9 Å². The van der Waals surface area contributed by atoms with Gasteiger partial charge in [0.05, 0.1) is 0 Å². The zero-order chi connectivity index (χ0) is 48.6. The summed E-state index contributed by atoms with van der Waals surface area (Å²) in [6, 6.07) is 0. The highest BCUT2D eigenvalue weighted by molar-refractivity contribution is 5.71. The molecule has 0 heterocycles. The fourth-order valence-corrected chi connectivity index (χ4v) is 7.20. The maximum absolute atomic E-state index is 12.7. The van der Waals surface area contributed by atoms with Crippen LogP contribution in [0.2, 0.25) is 0 Å². The third-order valence-corrected chi connectivity index (χ3v) is 11.3. The SMILES string of the molecule is CC/C=C\C/C=C\C/C=C\C/C=C\C/C=C\C/C=C\C/C=C\C/C=C\C/C=C\CCCCCC(=O)OCC(COC(=O)CCCCCCCCC)OC(=O)CCCCCCCCCCCCC. The number of esters is 3. The predicted molar refractivity (Wildman–Crippen MR) is 288 cm³/mol. The molecular formula is C61H100O6. The van der Waals surface area contributed by atoms with Crippen molar-refractivity contribution in [3.8, 4) is 0 Å². The van der Waals surface area contributed by atoms with E-state index in [1.807, 2.05) is 0 Å². The van der Waals surface area contributed by atoms with Crippen molar-refractivity contribution >= 4 is 17.9 Å². The lowest BCUT2D eigenvalue weighted by atomic mass is 10.1. The molecular weight excluding hydrogens is 829 g/mol. The molecule has 0 spiro atoms. The minimum absolute atomic E-state index is 0.0874. The molecule has 0 aliphatic carbocycles. The lowest BCUT2D eigenvalue weighted by Crippen LogP contribution is -2.30. The van der Waals surface area contributed by atoms with E-state index in [0.717, 1.165) is 122 Å². The van der Waals surface area contributed by atoms with E-state index in [2.05, 4.69) is 130 Å². The number of hydrogen-bond acceptors (Lipinski definition) is 6. The summed E-state index contributed by atoms with van der Waals surface area (Å²) in [5, 5.41) is 0. The van der Waals surface area contributed by atoms with Crippen LogP contribution in [-0.4, -0.2) is 37.2 Å². The van der Waals surface area contributed by atoms with Crippen LogP contribution in [0, 0.1) is 0 Å². The molecule has 6 nitrogen and oxygen atoms in total. The largest absolute Gasteiger partial charge is 0.462 e. The zero-order valence-corrected chi connectivity index (χ0v) is 43.4. The first-order valence-corrected chi connectivity index (χ1v) is 27.4. The Labute approximate surface area is 412 Å². The number of rotatable bonds is 48. The fourth-order valence-electron chi connectivity index (χ4n) is 7.20. The second kappa shape index (κ2) is 54.7. The van der Waals surface area contributed by atoms with Gasteiger partial charge in [0.25, 0.3) is 0 Å². The maximum Gasteiger partial charge on any atom is 0.306 e. The van der Waals surface area contributed by atoms with Gasteiger partial charge in [-0.15, -0.1) is 0 Å². The van der Waals surface area contributed by atoms with Crippen molar-refractivity contribution in [3.63, 3.8) is 0 Å². The van der Waals surface area contributed by atoms with E-state index in [0.29, 0.717) is 19.3 Å². The number of carbonyl (C=O) groups is 3. The van der Waals surface area contributed by atoms with Gasteiger partial charge in [0.15, 0.2) is 6.10 Å². The summed E-state index contributed by atoms with van der Waals surface area (Å²) in [7, 11) is 0. The van der Waals surface area contributed by atoms with Crippen LogP contribution in [0.4, 0.5) is 0 Å². The minimum atomic E-state index is -0.786. The molecule has 0 saturated heterocycles. The molecule has 0 bridgehead atoms. The van der Waals surface area contributed by atoms with Crippen LogP contribution in [0.3, 0.4) is 0 Å². The summed E-state index contributed by atoms with van der Waals surface area (Å²) >= 11 is 0. The highest BCUT2D eigenvalue weighted by Gasteiger charge is 2.19. The molecule has 0 aromatic rings. The normalized spacial score (nSPS) is 12.9. The molecule has 6 heteroatoms. The van der Waals surface area contributed by atoms with Gasteiger partial charge in [-0.05, 0) is 89.9 Å². The fraction of sp³-hybridized carbons (Fsp3) is 0.656. The number of allylic oxidation sites excluding steroid dienone is 18. The first-order chi connectivity index (χ1) is 33.0. The van der Waals surface area contributed by atoms with Crippen LogP contribution in [0.15, 0.2) is 109 Å². The van der Waals surface area contributed by atoms with Crippen LogP contribution < -0.4 is 0 Å². The van der Waals surface area contributed by atoms with Crippen LogP contribution in [0.1, 0.15) is 239 Å². The van der Waals surface area contributed by atoms with E-state index in [1.165, 1.54) is 77.0 Å². The van der Waals surface area contributed by atoms with E-state index in [9.17, 15) is 14.4 Å². The molecule has 0 radical (unpaired) electrons. The Morgan fingerprint density at radius 3 is 0.910 bits per heavy atom. The Hall–Kier alpha value is -3.93. The summed E-state index contributed by atoms with van der Waals surface area (Å²) in [6.07, 6.45) is 73.9. The molecule has 0 fully saturated rings. The van der Waals surface area contributed by atoms with Gasteiger partial charge in [-0.25, -0.2) is 0 Å². The molecule has 0 saturated carbocycles. The van der Waals surface area contributed by atoms with Crippen LogP contribution >= 0.6 is 0 Å². The molecule has 67 heavy (non-hydrogen) atoms. The second-order valence-electron chi connectivity index (χ2n) is 17.8. The van der Waals surface area contributed by atoms with Crippen molar-refractivity contribution < 1.29 is 28.6 Å². The van der Waals surface area contributed by atoms with Crippen LogP contribution in [-0.2, 0) is 28.6 Å². The Morgan fingerprint density at radius 2 is 0.582 bits per heavy atom. The zero-order valence-electron chi connectivity index (χ0n) is 43.4. The number of hydrogen-bond donors (Lipinski definition) is 0. The Balaban J connectivity index is 4.21. The van der Waals surface area contributed by atoms with Gasteiger partial charge < -0.3 is 14.2 Å². The van der Waals surface area contributed by atoms with Gasteiger partial charge in [0.2, 0.25) is 0 Å². The predicted octanol–water partition coefficient (Wildman–Crippen LogP) is 18.3. The maximum atomic E-state index is 12.7. The lowest BCUT2D eigenvalue weighted by molar-refractivity contribution is -0.167. The summed E-state index contributed by atoms with van der Waals surface area (Å²) in [6.45, 7) is 6.43. The third kappa shape index (κ3) is 52.9. The lowest BCUT2D eigenvalue weighted by Gasteiger charge is -2.18. The second-order valence-corrected chi connectivity index (χ2v) is 17.8. The molecule has 1 unspecified atom stereocenters. The summed E-state index contributed by atoms with van der Waals surface area (Å²) < 4.78 is 16.7. The molecule has 0 aromatic carbocycles. The standard InChI is InChI=1S/C61H100O6/c1-4-7-10-13-16-18-20-21-22-23-24-25-26-27-28-29-30-31-32-33-34-35-36-37-38-39-41-42-45-48-51-54-60(63)66-57-58(56-65-59(62)53-50-47-44-15-12-9-6-3)67-61(64)55-52-49-46-43-40-19-17-14-11-8-5-2/h7,10,16,18,21-22,24-25,27-28,30-31,33-34,36-37,39,41,58H,4-6,8-9,11-15,17,19-20,23,26,29,32,35,38,40,42-57H2,1-3H3/b10-7-,18-16-,22-21-,25-24-,28-27-,31-30-,34-33-,37-36-,41-39-. The smallest absolute Gasteiger partial charge is 0.306 e. The van der Waals surface area contributed by atoms with Crippen LogP contribution in [0.25, 0.3) is 0 Å². The van der Waals surface area contributed by atoms with Gasteiger partial charge in [-0.1, -0.05) is 239 Å². The van der Waals surface area contributed by atoms with Crippen molar-refractivity contribution in [1.29, 1.82) is 0 Å². The van der Waals surface area contributed by atoms with Gasteiger partial charge in [0, 0.05) is 19.3 Å². The van der Waals surface area contributed by atoms with Crippen molar-refractivity contribution in [1.82, 2.24) is 0 Å². The third-order valence-electron chi connectivity index (χ3n) is 11.3. The minimum Gasteiger partial charge on any atom is -0.462 e. The van der Waals surface area contributed by atoms with E-state index in [-0.39, 0.29) is 31.1 Å². The van der Waals surface area contributed by atoms with Gasteiger partial charge in [-0.2, -0.15) is 0 Å². The number of carbonyl (C=O) groups excluding carboxylic acids is 3. The Kier molecular flexibility index (Phi) is 51.5. The number of unbranched alkanes of at least 4 members (excludes halogenated alkanes) is 19. The highest BCUT2D eigenvalue weighted by Crippen LogP contribution is 2.14. The molecule has 0 aliphatic heterocycles. The van der Waals surface area contributed by atoms with E-state index < -0.39 is 6.10 Å². The van der Waals surface area contributed by atoms with E-state index in [1.54, 1.807) is 0 Å². The first kappa shape index (κ1) is 63.1. The Bertz CT molecular complexity index is 1390.